The summed E-state index contributed by atoms with van der Waals surface area (Å²) in [5.74, 6) is -11.9. The van der Waals surface area contributed by atoms with Gasteiger partial charge in [-0.25, -0.2) is 0 Å². The van der Waals surface area contributed by atoms with Gasteiger partial charge in [-0.05, 0) is 0 Å². The molecule has 18 atom stereocenters. The van der Waals surface area contributed by atoms with E-state index in [1.54, 1.807) is 0 Å². The van der Waals surface area contributed by atoms with E-state index in [0.717, 1.165) is 0 Å². The van der Waals surface area contributed by atoms with Crippen molar-refractivity contribution in [3.05, 3.63) is 46.1 Å². The molecule has 2 saturated heterocycles. The standard InChI is InChI=1S/C36H60O30/c37-5-1-11-17(43)25(51)33(57)65-29-15(9-41)63-36(27(53)21(29)47)62-14(4-8-40)20(46)24(50)32(56)60-12(2-6-38)18(44)26(52)34(58)66-30-16(10-42)64-35(28(54)22(30)48)61-13(3-7-39)19(45)23(49)31(55)59-11/h11-16,21-22,27-58H,1-10H2/b23-19+,24-20+,25-17+,26-18?. The summed E-state index contributed by atoms with van der Waals surface area (Å²) in [6.45, 7) is -5.83. The topological polar surface area (TPSA) is 519 Å². The molecule has 66 heavy (non-hydrogen) atoms. The molecule has 0 aromatic carbocycles. The third-order valence-electron chi connectivity index (χ3n) is 10.2. The van der Waals surface area contributed by atoms with Crippen molar-refractivity contribution < 1.29 is 150 Å². The lowest BCUT2D eigenvalue weighted by Gasteiger charge is -2.43. The minimum Gasteiger partial charge on any atom is -0.506 e. The Morgan fingerprint density at radius 2 is 0.530 bits per heavy atom. The monoisotopic (exact) mass is 972 g/mol. The average molecular weight is 973 g/mol. The van der Waals surface area contributed by atoms with Crippen LogP contribution in [0.4, 0.5) is 0 Å². The number of hydrogen-bond acceptors (Lipinski definition) is 30. The van der Waals surface area contributed by atoms with Crippen molar-refractivity contribution >= 4 is 0 Å². The molecule has 0 amide bonds. The van der Waals surface area contributed by atoms with Crippen LogP contribution in [-0.4, -0.2) is 263 Å². The van der Waals surface area contributed by atoms with E-state index >= 15 is 0 Å². The predicted molar refractivity (Wildman–Crippen MR) is 205 cm³/mol. The van der Waals surface area contributed by atoms with Crippen molar-refractivity contribution in [2.75, 3.05) is 39.6 Å². The van der Waals surface area contributed by atoms with Gasteiger partial charge in [0, 0.05) is 52.1 Å². The third kappa shape index (κ3) is 13.8. The van der Waals surface area contributed by atoms with Gasteiger partial charge in [-0.3, -0.25) is 0 Å². The third-order valence-corrected chi connectivity index (χ3v) is 10.2. The summed E-state index contributed by atoms with van der Waals surface area (Å²) in [6.07, 6.45) is -43.3. The van der Waals surface area contributed by atoms with Gasteiger partial charge in [0.15, 0.2) is 58.7 Å². The van der Waals surface area contributed by atoms with Crippen LogP contribution < -0.4 is 0 Å². The largest absolute Gasteiger partial charge is 0.506 e. The Kier molecular flexibility index (Phi) is 22.6. The first-order valence-corrected chi connectivity index (χ1v) is 19.9. The molecule has 0 aromatic heterocycles. The fraction of sp³-hybridized carbons (Fsp3) is 0.778. The highest BCUT2D eigenvalue weighted by molar-refractivity contribution is 5.13. The molecule has 0 spiro atoms. The van der Waals surface area contributed by atoms with E-state index in [4.69, 9.17) is 37.9 Å². The highest BCUT2D eigenvalue weighted by atomic mass is 16.7. The van der Waals surface area contributed by atoms with Gasteiger partial charge in [0.1, 0.15) is 73.2 Å². The van der Waals surface area contributed by atoms with Crippen molar-refractivity contribution in [2.24, 2.45) is 0 Å². The van der Waals surface area contributed by atoms with Gasteiger partial charge in [-0.2, -0.15) is 0 Å². The van der Waals surface area contributed by atoms with Crippen LogP contribution in [-0.2, 0) is 37.9 Å². The quantitative estimate of drug-likeness (QED) is 0.0967. The number of aliphatic hydroxyl groups is 22. The second-order valence-corrected chi connectivity index (χ2v) is 14.7. The molecule has 22 N–H and O–H groups in total. The first-order valence-electron chi connectivity index (χ1n) is 19.9. The van der Waals surface area contributed by atoms with Crippen molar-refractivity contribution in [1.82, 2.24) is 0 Å². The van der Waals surface area contributed by atoms with Crippen LogP contribution in [0.25, 0.3) is 0 Å². The molecule has 6 heterocycles. The average Bonchev–Trinajstić information content (AvgIpc) is 3.30. The first-order chi connectivity index (χ1) is 31.1. The van der Waals surface area contributed by atoms with Gasteiger partial charge in [0.2, 0.25) is 25.2 Å². The summed E-state index contributed by atoms with van der Waals surface area (Å²) < 4.78 is 42.1. The lowest BCUT2D eigenvalue weighted by Crippen LogP contribution is -2.61. The van der Waals surface area contributed by atoms with E-state index in [2.05, 4.69) is 0 Å². The molecule has 384 valence electrons. The summed E-state index contributed by atoms with van der Waals surface area (Å²) in [5.41, 5.74) is 0. The Labute approximate surface area is 372 Å². The fourth-order valence-electron chi connectivity index (χ4n) is 6.57. The lowest BCUT2D eigenvalue weighted by atomic mass is 9.98. The van der Waals surface area contributed by atoms with E-state index in [-0.39, 0.29) is 0 Å². The van der Waals surface area contributed by atoms with E-state index in [1.807, 2.05) is 0 Å². The second kappa shape index (κ2) is 26.3. The Hall–Kier alpha value is -3.52. The molecule has 30 heteroatoms. The number of aliphatic hydroxyl groups excluding tert-OH is 22. The molecule has 6 aliphatic rings. The minimum absolute atomic E-state index is 0.698. The maximum Gasteiger partial charge on any atom is 0.218 e. The molecule has 6 aliphatic heterocycles. The van der Waals surface area contributed by atoms with Crippen molar-refractivity contribution in [1.29, 1.82) is 0 Å². The van der Waals surface area contributed by atoms with Gasteiger partial charge in [-0.1, -0.05) is 0 Å². The Morgan fingerprint density at radius 3 is 0.773 bits per heavy atom. The van der Waals surface area contributed by atoms with Gasteiger partial charge in [0.05, 0.1) is 13.2 Å². The van der Waals surface area contributed by atoms with Crippen LogP contribution >= 0.6 is 0 Å². The predicted octanol–water partition coefficient (Wildman–Crippen LogP) is -6.70. The summed E-state index contributed by atoms with van der Waals surface area (Å²) >= 11 is 0. The second-order valence-electron chi connectivity index (χ2n) is 14.7. The Bertz CT molecular complexity index is 1500. The zero-order valence-corrected chi connectivity index (χ0v) is 34.6. The van der Waals surface area contributed by atoms with Gasteiger partial charge in [0.25, 0.3) is 0 Å². The van der Waals surface area contributed by atoms with Crippen molar-refractivity contribution in [2.45, 2.75) is 137 Å². The fourth-order valence-corrected chi connectivity index (χ4v) is 6.57. The molecule has 0 aliphatic carbocycles. The van der Waals surface area contributed by atoms with E-state index in [1.165, 1.54) is 0 Å². The van der Waals surface area contributed by atoms with Gasteiger partial charge in [-0.15, -0.1) is 0 Å². The smallest absolute Gasteiger partial charge is 0.218 e. The van der Waals surface area contributed by atoms with Crippen LogP contribution in [0.5, 0.6) is 0 Å². The SMILES string of the molecule is OCCC1OC(O)/C(O)=C(\O)C(CCO)OC2OC(CO)C(OC(O)/C(O)=C(\O)C(CCO)OC(O)/C(O)=C(\O)C(CCO)OC3OC(CO)C(OC(O)C(O)=C1O)C(O)C3O)C(O)C2O. The van der Waals surface area contributed by atoms with Crippen LogP contribution in [0.15, 0.2) is 46.1 Å². The van der Waals surface area contributed by atoms with Gasteiger partial charge < -0.3 is 150 Å². The lowest BCUT2D eigenvalue weighted by molar-refractivity contribution is -0.329. The summed E-state index contributed by atoms with van der Waals surface area (Å²) in [4.78, 5) is 0. The number of rotatable bonds is 10. The van der Waals surface area contributed by atoms with E-state index in [9.17, 15) is 112 Å². The maximum absolute atomic E-state index is 10.9. The Balaban J connectivity index is 2.16. The summed E-state index contributed by atoms with van der Waals surface area (Å²) in [6, 6.07) is 0. The highest BCUT2D eigenvalue weighted by Crippen LogP contribution is 2.32. The summed E-state index contributed by atoms with van der Waals surface area (Å²) in [5, 5.41) is 231. The molecule has 0 saturated carbocycles. The molecular formula is C36H60O30. The van der Waals surface area contributed by atoms with Crippen LogP contribution in [0.3, 0.4) is 0 Å². The molecule has 18 unspecified atom stereocenters. The molecule has 4 bridgehead atoms. The van der Waals surface area contributed by atoms with E-state index < -0.39 is 222 Å². The normalized spacial score (nSPS) is 42.7. The maximum atomic E-state index is 10.9. The highest BCUT2D eigenvalue weighted by Gasteiger charge is 2.50. The summed E-state index contributed by atoms with van der Waals surface area (Å²) in [7, 11) is 0. The van der Waals surface area contributed by atoms with Gasteiger partial charge >= 0.3 is 0 Å². The van der Waals surface area contributed by atoms with Crippen LogP contribution in [0.2, 0.25) is 0 Å². The zero-order valence-electron chi connectivity index (χ0n) is 34.6. The Morgan fingerprint density at radius 1 is 0.288 bits per heavy atom. The van der Waals surface area contributed by atoms with Crippen LogP contribution in [0, 0.1) is 0 Å². The molecule has 0 radical (unpaired) electrons. The molecule has 6 rings (SSSR count). The minimum atomic E-state index is -2.74. The number of ether oxygens (including phenoxy) is 8. The number of hydrogen-bond donors (Lipinski definition) is 22. The molecule has 2 fully saturated rings. The first kappa shape index (κ1) is 56.8. The van der Waals surface area contributed by atoms with E-state index in [0.29, 0.717) is 0 Å². The van der Waals surface area contributed by atoms with Crippen molar-refractivity contribution in [3.8, 4) is 0 Å². The molecule has 0 aromatic rings. The zero-order chi connectivity index (χ0) is 49.7. The van der Waals surface area contributed by atoms with Crippen molar-refractivity contribution in [3.63, 3.8) is 0 Å². The molecule has 30 nitrogen and oxygen atoms in total. The van der Waals surface area contributed by atoms with Crippen LogP contribution in [0.1, 0.15) is 25.7 Å². The molecular weight excluding hydrogens is 912 g/mol.